The highest BCUT2D eigenvalue weighted by molar-refractivity contribution is 5.77. The van der Waals surface area contributed by atoms with Crippen molar-refractivity contribution >= 4 is 11.9 Å². The number of benzene rings is 1. The Balaban J connectivity index is 2.32. The number of ether oxygens (including phenoxy) is 2. The minimum atomic E-state index is -1.40. The highest BCUT2D eigenvalue weighted by atomic mass is 19.2. The zero-order valence-electron chi connectivity index (χ0n) is 12.9. The number of unbranched alkanes of at least 4 members (excludes halogenated alkanes) is 2. The molecule has 0 radical (unpaired) electrons. The van der Waals surface area contributed by atoms with Crippen LogP contribution in [0.15, 0.2) is 12.1 Å². The van der Waals surface area contributed by atoms with Crippen molar-refractivity contribution < 1.29 is 32.2 Å². The molecule has 0 aliphatic heterocycles. The maximum atomic E-state index is 13.3. The first-order valence-electron chi connectivity index (χ1n) is 7.39. The fourth-order valence-electron chi connectivity index (χ4n) is 1.74. The smallest absolute Gasteiger partial charge is 0.306 e. The molecule has 1 aromatic rings. The van der Waals surface area contributed by atoms with Gasteiger partial charge in [-0.2, -0.15) is 0 Å². The molecule has 0 N–H and O–H groups in total. The van der Waals surface area contributed by atoms with Crippen LogP contribution in [0.4, 0.5) is 13.2 Å². The predicted octanol–water partition coefficient (Wildman–Crippen LogP) is 3.66. The second kappa shape index (κ2) is 9.86. The van der Waals surface area contributed by atoms with E-state index < -0.39 is 41.6 Å². The van der Waals surface area contributed by atoms with Gasteiger partial charge >= 0.3 is 11.9 Å². The fraction of sp³-hybridized carbons (Fsp3) is 0.500. The van der Waals surface area contributed by atoms with Crippen molar-refractivity contribution in [2.24, 2.45) is 0 Å². The summed E-state index contributed by atoms with van der Waals surface area (Å²) in [5.74, 6) is -4.99. The van der Waals surface area contributed by atoms with Crippen LogP contribution < -0.4 is 0 Å². The Bertz CT molecular complexity index is 546. The van der Waals surface area contributed by atoms with Crippen molar-refractivity contribution in [1.29, 1.82) is 0 Å². The third-order valence-electron chi connectivity index (χ3n) is 3.06. The molecule has 0 saturated heterocycles. The largest absolute Gasteiger partial charge is 0.466 e. The summed E-state index contributed by atoms with van der Waals surface area (Å²) in [5.41, 5.74) is -0.666. The van der Waals surface area contributed by atoms with Gasteiger partial charge in [-0.05, 0) is 18.6 Å². The van der Waals surface area contributed by atoms with Gasteiger partial charge < -0.3 is 9.47 Å². The highest BCUT2D eigenvalue weighted by Crippen LogP contribution is 2.17. The predicted molar refractivity (Wildman–Crippen MR) is 75.8 cm³/mol. The average molecular weight is 332 g/mol. The number of rotatable bonds is 9. The van der Waals surface area contributed by atoms with Gasteiger partial charge in [-0.3, -0.25) is 9.59 Å². The number of esters is 2. The summed E-state index contributed by atoms with van der Waals surface area (Å²) >= 11 is 0. The third-order valence-corrected chi connectivity index (χ3v) is 3.06. The van der Waals surface area contributed by atoms with E-state index in [1.165, 1.54) is 0 Å². The van der Waals surface area contributed by atoms with Crippen molar-refractivity contribution in [2.45, 2.75) is 45.6 Å². The molecular weight excluding hydrogens is 313 g/mol. The van der Waals surface area contributed by atoms with Gasteiger partial charge in [0.15, 0.2) is 11.6 Å². The van der Waals surface area contributed by atoms with E-state index in [1.54, 1.807) is 0 Å². The van der Waals surface area contributed by atoms with Gasteiger partial charge in [0, 0.05) is 0 Å². The molecule has 1 aromatic carbocycles. The molecule has 0 atom stereocenters. The first-order valence-corrected chi connectivity index (χ1v) is 7.39. The van der Waals surface area contributed by atoms with E-state index in [0.717, 1.165) is 25.3 Å². The minimum absolute atomic E-state index is 0.181. The summed E-state index contributed by atoms with van der Waals surface area (Å²) in [7, 11) is 0. The second-order valence-corrected chi connectivity index (χ2v) is 4.91. The van der Waals surface area contributed by atoms with Gasteiger partial charge in [0.1, 0.15) is 12.4 Å². The summed E-state index contributed by atoms with van der Waals surface area (Å²) in [4.78, 5) is 22.8. The van der Waals surface area contributed by atoms with E-state index in [-0.39, 0.29) is 12.8 Å². The van der Waals surface area contributed by atoms with E-state index in [9.17, 15) is 22.8 Å². The molecule has 7 heteroatoms. The maximum Gasteiger partial charge on any atom is 0.306 e. The number of carbonyl (C=O) groups excluding carboxylic acids is 2. The maximum absolute atomic E-state index is 13.3. The lowest BCUT2D eigenvalue weighted by molar-refractivity contribution is -0.151. The molecule has 0 saturated carbocycles. The molecule has 4 nitrogen and oxygen atoms in total. The zero-order chi connectivity index (χ0) is 17.2. The zero-order valence-corrected chi connectivity index (χ0v) is 12.9. The van der Waals surface area contributed by atoms with Crippen molar-refractivity contribution in [3.8, 4) is 0 Å². The summed E-state index contributed by atoms with van der Waals surface area (Å²) in [6, 6.07) is 1.39. The lowest BCUT2D eigenvalue weighted by Crippen LogP contribution is -2.12. The molecule has 0 aromatic heterocycles. The molecule has 0 unspecified atom stereocenters. The highest BCUT2D eigenvalue weighted by Gasteiger charge is 2.16. The molecule has 0 spiro atoms. The molecule has 0 aliphatic rings. The molecule has 1 rings (SSSR count). The molecule has 128 valence electrons. The summed E-state index contributed by atoms with van der Waals surface area (Å²) in [5, 5.41) is 0. The first kappa shape index (κ1) is 19.0. The Morgan fingerprint density at radius 2 is 1.57 bits per heavy atom. The number of hydrogen-bond donors (Lipinski definition) is 0. The lowest BCUT2D eigenvalue weighted by atomic mass is 10.2. The number of carbonyl (C=O) groups is 2. The Hall–Kier alpha value is -2.05. The molecular formula is C16H19F3O4. The van der Waals surface area contributed by atoms with Gasteiger partial charge in [0.05, 0.1) is 25.0 Å². The number of hydrogen-bond acceptors (Lipinski definition) is 4. The summed E-state index contributed by atoms with van der Waals surface area (Å²) in [6.07, 6.45) is 2.24. The van der Waals surface area contributed by atoms with E-state index in [2.05, 4.69) is 4.74 Å². The van der Waals surface area contributed by atoms with Crippen LogP contribution in [0.3, 0.4) is 0 Å². The average Bonchev–Trinajstić information content (AvgIpc) is 2.53. The van der Waals surface area contributed by atoms with Crippen LogP contribution in [-0.2, 0) is 25.7 Å². The summed E-state index contributed by atoms with van der Waals surface area (Å²) < 4.78 is 49.2. The lowest BCUT2D eigenvalue weighted by Gasteiger charge is -2.08. The van der Waals surface area contributed by atoms with Gasteiger partial charge in [-0.15, -0.1) is 0 Å². The van der Waals surface area contributed by atoms with Crippen LogP contribution in [0.2, 0.25) is 0 Å². The molecule has 0 bridgehead atoms. The molecule has 0 fully saturated rings. The standard InChI is InChI=1S/C16H19F3O4/c1-2-3-4-9-22-14(20)7-8-15(21)23-10-11-12(17)5-6-13(18)16(11)19/h5-6H,2-4,7-10H2,1H3. The monoisotopic (exact) mass is 332 g/mol. The summed E-state index contributed by atoms with van der Waals surface area (Å²) in [6.45, 7) is 1.57. The molecule has 0 aliphatic carbocycles. The third kappa shape index (κ3) is 6.71. The van der Waals surface area contributed by atoms with Crippen LogP contribution >= 0.6 is 0 Å². The Morgan fingerprint density at radius 1 is 0.957 bits per heavy atom. The number of halogens is 3. The van der Waals surface area contributed by atoms with Gasteiger partial charge in [-0.25, -0.2) is 13.2 Å². The second-order valence-electron chi connectivity index (χ2n) is 4.91. The Morgan fingerprint density at radius 3 is 2.22 bits per heavy atom. The molecule has 23 heavy (non-hydrogen) atoms. The molecule has 0 amide bonds. The Kier molecular flexibility index (Phi) is 8.15. The Labute approximate surface area is 132 Å². The van der Waals surface area contributed by atoms with Crippen molar-refractivity contribution in [3.63, 3.8) is 0 Å². The van der Waals surface area contributed by atoms with Crippen molar-refractivity contribution in [3.05, 3.63) is 35.1 Å². The fourth-order valence-corrected chi connectivity index (χ4v) is 1.74. The van der Waals surface area contributed by atoms with Crippen molar-refractivity contribution in [2.75, 3.05) is 6.61 Å². The SMILES string of the molecule is CCCCCOC(=O)CCC(=O)OCc1c(F)ccc(F)c1F. The van der Waals surface area contributed by atoms with E-state index in [1.807, 2.05) is 6.92 Å². The van der Waals surface area contributed by atoms with Crippen LogP contribution in [0, 0.1) is 17.5 Å². The quantitative estimate of drug-likeness (QED) is 0.393. The minimum Gasteiger partial charge on any atom is -0.466 e. The van der Waals surface area contributed by atoms with Crippen molar-refractivity contribution in [1.82, 2.24) is 0 Å². The van der Waals surface area contributed by atoms with Crippen LogP contribution in [-0.4, -0.2) is 18.5 Å². The van der Waals surface area contributed by atoms with E-state index in [0.29, 0.717) is 12.7 Å². The van der Waals surface area contributed by atoms with E-state index in [4.69, 9.17) is 4.74 Å². The first-order chi connectivity index (χ1) is 11.0. The van der Waals surface area contributed by atoms with E-state index >= 15 is 0 Å². The van der Waals surface area contributed by atoms with Crippen LogP contribution in [0.5, 0.6) is 0 Å². The van der Waals surface area contributed by atoms with Gasteiger partial charge in [0.25, 0.3) is 0 Å². The normalized spacial score (nSPS) is 10.4. The molecule has 0 heterocycles. The van der Waals surface area contributed by atoms with Crippen LogP contribution in [0.1, 0.15) is 44.6 Å². The van der Waals surface area contributed by atoms with Gasteiger partial charge in [-0.1, -0.05) is 19.8 Å². The van der Waals surface area contributed by atoms with Gasteiger partial charge in [0.2, 0.25) is 0 Å². The topological polar surface area (TPSA) is 52.6 Å². The van der Waals surface area contributed by atoms with Crippen LogP contribution in [0.25, 0.3) is 0 Å².